The van der Waals surface area contributed by atoms with Crippen LogP contribution in [0.5, 0.6) is 5.75 Å². The van der Waals surface area contributed by atoms with E-state index >= 15 is 0 Å². The molecule has 0 aromatic heterocycles. The SMILES string of the molecule is COc1ccc2c(c1)C(=O)C=C(CCC(C)(C#Cc1ccc(C(N)C(F)(F)F)cc1)C(=O)NC=O)C2. The van der Waals surface area contributed by atoms with Gasteiger partial charge in [0.1, 0.15) is 17.2 Å². The third-order valence-corrected chi connectivity index (χ3v) is 6.08. The van der Waals surface area contributed by atoms with E-state index < -0.39 is 23.5 Å². The van der Waals surface area contributed by atoms with Crippen molar-refractivity contribution >= 4 is 18.1 Å². The van der Waals surface area contributed by atoms with Gasteiger partial charge in [0.25, 0.3) is 0 Å². The highest BCUT2D eigenvalue weighted by molar-refractivity contribution is 6.07. The summed E-state index contributed by atoms with van der Waals surface area (Å²) >= 11 is 0. The molecule has 6 nitrogen and oxygen atoms in total. The highest BCUT2D eigenvalue weighted by atomic mass is 19.4. The van der Waals surface area contributed by atoms with Crippen molar-refractivity contribution in [2.75, 3.05) is 7.11 Å². The Morgan fingerprint density at radius 1 is 1.22 bits per heavy atom. The van der Waals surface area contributed by atoms with Gasteiger partial charge in [-0.25, -0.2) is 0 Å². The Morgan fingerprint density at radius 2 is 1.92 bits per heavy atom. The predicted octanol–water partition coefficient (Wildman–Crippen LogP) is 4.03. The van der Waals surface area contributed by atoms with E-state index in [2.05, 4.69) is 17.2 Å². The highest BCUT2D eigenvalue weighted by Crippen LogP contribution is 2.32. The summed E-state index contributed by atoms with van der Waals surface area (Å²) in [5.74, 6) is 5.47. The van der Waals surface area contributed by atoms with E-state index in [1.165, 1.54) is 37.5 Å². The number of nitrogens with two attached hydrogens (primary N) is 1. The molecule has 9 heteroatoms. The van der Waals surface area contributed by atoms with E-state index in [-0.39, 0.29) is 24.2 Å². The molecule has 1 aliphatic rings. The minimum absolute atomic E-state index is 0.110. The molecule has 0 fully saturated rings. The smallest absolute Gasteiger partial charge is 0.407 e. The van der Waals surface area contributed by atoms with Crippen LogP contribution in [0, 0.1) is 17.3 Å². The summed E-state index contributed by atoms with van der Waals surface area (Å²) in [7, 11) is 1.52. The summed E-state index contributed by atoms with van der Waals surface area (Å²) in [5.41, 5.74) is 6.42. The number of fused-ring (bicyclic) bond motifs is 1. The van der Waals surface area contributed by atoms with Gasteiger partial charge in [-0.2, -0.15) is 13.2 Å². The molecule has 0 aliphatic heterocycles. The number of carbonyl (C=O) groups excluding carboxylic acids is 3. The van der Waals surface area contributed by atoms with Crippen LogP contribution in [0.2, 0.25) is 0 Å². The summed E-state index contributed by atoms with van der Waals surface area (Å²) in [6.45, 7) is 1.57. The van der Waals surface area contributed by atoms with Gasteiger partial charge in [-0.1, -0.05) is 35.6 Å². The maximum atomic E-state index is 12.8. The van der Waals surface area contributed by atoms with Gasteiger partial charge >= 0.3 is 6.18 Å². The molecule has 2 aromatic rings. The first-order chi connectivity index (χ1) is 17.0. The third kappa shape index (κ3) is 6.20. The second-order valence-corrected chi connectivity index (χ2v) is 8.68. The van der Waals surface area contributed by atoms with Crippen LogP contribution in [0.3, 0.4) is 0 Å². The van der Waals surface area contributed by atoms with Crippen molar-refractivity contribution in [2.24, 2.45) is 11.1 Å². The average molecular weight is 499 g/mol. The van der Waals surface area contributed by atoms with Crippen molar-refractivity contribution in [3.05, 3.63) is 76.4 Å². The predicted molar refractivity (Wildman–Crippen MR) is 127 cm³/mol. The zero-order chi connectivity index (χ0) is 26.5. The van der Waals surface area contributed by atoms with E-state index in [0.717, 1.165) is 11.1 Å². The molecule has 3 N–H and O–H groups in total. The fourth-order valence-corrected chi connectivity index (χ4v) is 3.81. The first-order valence-corrected chi connectivity index (χ1v) is 11.1. The monoisotopic (exact) mass is 498 g/mol. The lowest BCUT2D eigenvalue weighted by atomic mass is 9.80. The summed E-state index contributed by atoms with van der Waals surface area (Å²) in [6.07, 6.45) is -1.67. The van der Waals surface area contributed by atoms with Crippen molar-refractivity contribution in [3.8, 4) is 17.6 Å². The lowest BCUT2D eigenvalue weighted by Crippen LogP contribution is -2.37. The Bertz CT molecular complexity index is 1260. The van der Waals surface area contributed by atoms with E-state index in [4.69, 9.17) is 10.5 Å². The van der Waals surface area contributed by atoms with Crippen LogP contribution in [0.1, 0.15) is 52.9 Å². The van der Waals surface area contributed by atoms with Crippen molar-refractivity contribution in [2.45, 2.75) is 38.4 Å². The minimum Gasteiger partial charge on any atom is -0.497 e. The maximum absolute atomic E-state index is 12.8. The molecule has 0 spiro atoms. The second kappa shape index (κ2) is 10.8. The number of hydrogen-bond donors (Lipinski definition) is 2. The largest absolute Gasteiger partial charge is 0.497 e. The molecule has 2 amide bonds. The van der Waals surface area contributed by atoms with Gasteiger partial charge in [0.05, 0.1) is 7.11 Å². The van der Waals surface area contributed by atoms with Crippen molar-refractivity contribution in [3.63, 3.8) is 0 Å². The number of amides is 2. The summed E-state index contributed by atoms with van der Waals surface area (Å²) < 4.78 is 43.6. The average Bonchev–Trinajstić information content (AvgIpc) is 2.85. The van der Waals surface area contributed by atoms with Crippen LogP contribution in [0.4, 0.5) is 13.2 Å². The van der Waals surface area contributed by atoms with Crippen LogP contribution in [0.25, 0.3) is 0 Å². The van der Waals surface area contributed by atoms with Crippen LogP contribution in [-0.2, 0) is 16.0 Å². The third-order valence-electron chi connectivity index (χ3n) is 6.08. The molecule has 2 unspecified atom stereocenters. The number of imide groups is 1. The van der Waals surface area contributed by atoms with Crippen LogP contribution in [-0.4, -0.2) is 31.4 Å². The zero-order valence-electron chi connectivity index (χ0n) is 19.7. The molecule has 36 heavy (non-hydrogen) atoms. The first-order valence-electron chi connectivity index (χ1n) is 11.1. The fraction of sp³-hybridized carbons (Fsp3) is 0.296. The lowest BCUT2D eigenvalue weighted by molar-refractivity contribution is -0.149. The fourth-order valence-electron chi connectivity index (χ4n) is 3.81. The molecule has 3 rings (SSSR count). The maximum Gasteiger partial charge on any atom is 0.407 e. The van der Waals surface area contributed by atoms with Gasteiger partial charge in [0.15, 0.2) is 5.78 Å². The van der Waals surface area contributed by atoms with E-state index in [1.54, 1.807) is 19.1 Å². The zero-order valence-corrected chi connectivity index (χ0v) is 19.7. The molecule has 0 saturated carbocycles. The Labute approximate surface area is 206 Å². The van der Waals surface area contributed by atoms with E-state index in [1.807, 2.05) is 6.07 Å². The first kappa shape index (κ1) is 26.7. The van der Waals surface area contributed by atoms with Gasteiger partial charge in [-0.05, 0) is 67.7 Å². The quantitative estimate of drug-likeness (QED) is 0.444. The van der Waals surface area contributed by atoms with Crippen molar-refractivity contribution in [1.29, 1.82) is 0 Å². The van der Waals surface area contributed by atoms with E-state index in [0.29, 0.717) is 29.7 Å². The number of ether oxygens (including phenoxy) is 1. The molecule has 0 saturated heterocycles. The van der Waals surface area contributed by atoms with Crippen LogP contribution >= 0.6 is 0 Å². The number of rotatable bonds is 7. The number of hydrogen-bond acceptors (Lipinski definition) is 5. The van der Waals surface area contributed by atoms with E-state index in [9.17, 15) is 27.6 Å². The number of halogens is 3. The Morgan fingerprint density at radius 3 is 2.53 bits per heavy atom. The molecule has 188 valence electrons. The Hall–Kier alpha value is -3.90. The molecular formula is C27H25F3N2O4. The van der Waals surface area contributed by atoms with Crippen molar-refractivity contribution in [1.82, 2.24) is 5.32 Å². The highest BCUT2D eigenvalue weighted by Gasteiger charge is 2.37. The van der Waals surface area contributed by atoms with Gasteiger partial charge in [0.2, 0.25) is 12.3 Å². The minimum atomic E-state index is -4.57. The Kier molecular flexibility index (Phi) is 8.00. The molecule has 2 aromatic carbocycles. The van der Waals surface area contributed by atoms with Crippen LogP contribution in [0.15, 0.2) is 54.1 Å². The molecule has 2 atom stereocenters. The van der Waals surface area contributed by atoms with Crippen LogP contribution < -0.4 is 15.8 Å². The summed E-state index contributed by atoms with van der Waals surface area (Å²) in [6, 6.07) is 8.41. The molecule has 0 heterocycles. The standard InChI is InChI=1S/C27H25F3N2O4/c1-26(25(35)32-16-33,11-9-17-3-5-19(6-4-17)24(31)27(28,29)30)12-10-18-13-20-7-8-21(36-2)15-22(20)23(34)14-18/h3-8,14-16,24H,10,12-13,31H2,1-2H3,(H,32,33,35). The Balaban J connectivity index is 1.79. The molecule has 0 bridgehead atoms. The molecule has 0 radical (unpaired) electrons. The number of ketones is 1. The lowest BCUT2D eigenvalue weighted by Gasteiger charge is -2.23. The number of benzene rings is 2. The van der Waals surface area contributed by atoms with Crippen molar-refractivity contribution < 1.29 is 32.3 Å². The topological polar surface area (TPSA) is 98.5 Å². The number of carbonyl (C=O) groups is 3. The molecule has 1 aliphatic carbocycles. The normalized spacial score (nSPS) is 15.4. The van der Waals surface area contributed by atoms with Gasteiger partial charge < -0.3 is 10.5 Å². The number of allylic oxidation sites excluding steroid dienone is 2. The summed E-state index contributed by atoms with van der Waals surface area (Å²) in [4.78, 5) is 36.2. The van der Waals surface area contributed by atoms with Gasteiger partial charge in [0, 0.05) is 11.1 Å². The number of alkyl halides is 3. The second-order valence-electron chi connectivity index (χ2n) is 8.68. The number of methoxy groups -OCH3 is 1. The molecular weight excluding hydrogens is 473 g/mol. The van der Waals surface area contributed by atoms with Gasteiger partial charge in [-0.3, -0.25) is 19.7 Å². The number of nitrogens with one attached hydrogen (secondary N) is 1. The summed E-state index contributed by atoms with van der Waals surface area (Å²) in [5, 5.41) is 2.12. The van der Waals surface area contributed by atoms with Gasteiger partial charge in [-0.15, -0.1) is 0 Å².